The lowest BCUT2D eigenvalue weighted by Gasteiger charge is -2.11. The summed E-state index contributed by atoms with van der Waals surface area (Å²) in [6.45, 7) is 6.84. The molecule has 1 aliphatic heterocycles. The Morgan fingerprint density at radius 3 is 2.87 bits per heavy atom. The molecule has 15 heavy (non-hydrogen) atoms. The number of carboxylic acid groups (broad SMARTS) is 1. The first-order chi connectivity index (χ1) is 7.09. The maximum atomic E-state index is 10.6. The molecule has 86 valence electrons. The highest BCUT2D eigenvalue weighted by Gasteiger charge is 2.30. The van der Waals surface area contributed by atoms with E-state index in [1.165, 1.54) is 0 Å². The highest BCUT2D eigenvalue weighted by Crippen LogP contribution is 2.20. The average molecular weight is 214 g/mol. The normalized spacial score (nSPS) is 25.4. The van der Waals surface area contributed by atoms with E-state index in [0.29, 0.717) is 19.6 Å². The summed E-state index contributed by atoms with van der Waals surface area (Å²) < 4.78 is 10.7. The molecule has 1 heterocycles. The van der Waals surface area contributed by atoms with Gasteiger partial charge in [0, 0.05) is 0 Å². The molecule has 2 unspecified atom stereocenters. The van der Waals surface area contributed by atoms with Gasteiger partial charge in [0.1, 0.15) is 0 Å². The lowest BCUT2D eigenvalue weighted by Crippen LogP contribution is -2.22. The molecule has 0 aromatic carbocycles. The van der Waals surface area contributed by atoms with Crippen LogP contribution in [0.5, 0.6) is 0 Å². The number of ether oxygens (including phenoxy) is 2. The van der Waals surface area contributed by atoms with Gasteiger partial charge in [0.25, 0.3) is 0 Å². The van der Waals surface area contributed by atoms with Crippen molar-refractivity contribution in [1.82, 2.24) is 0 Å². The number of hydrogen-bond donors (Lipinski definition) is 1. The third kappa shape index (κ3) is 4.44. The Morgan fingerprint density at radius 2 is 2.33 bits per heavy atom. The molecule has 0 radical (unpaired) electrons. The van der Waals surface area contributed by atoms with Crippen LogP contribution in [-0.2, 0) is 14.3 Å². The summed E-state index contributed by atoms with van der Waals surface area (Å²) in [4.78, 5) is 10.6. The molecule has 0 spiro atoms. The second-order valence-electron chi connectivity index (χ2n) is 3.94. The third-order valence-electron chi connectivity index (χ3n) is 2.36. The van der Waals surface area contributed by atoms with Crippen LogP contribution in [0, 0.1) is 0 Å². The Bertz CT molecular complexity index is 237. The molecule has 4 heteroatoms. The molecule has 0 aliphatic carbocycles. The van der Waals surface area contributed by atoms with E-state index in [1.807, 2.05) is 6.92 Å². The van der Waals surface area contributed by atoms with Crippen molar-refractivity contribution in [2.24, 2.45) is 0 Å². The van der Waals surface area contributed by atoms with Gasteiger partial charge in [-0.1, -0.05) is 5.57 Å². The molecule has 4 nitrogen and oxygen atoms in total. The van der Waals surface area contributed by atoms with E-state index in [9.17, 15) is 4.79 Å². The first-order valence-corrected chi connectivity index (χ1v) is 5.20. The van der Waals surface area contributed by atoms with Gasteiger partial charge in [-0.3, -0.25) is 0 Å². The lowest BCUT2D eigenvalue weighted by atomic mass is 10.2. The molecule has 1 N–H and O–H groups in total. The fourth-order valence-corrected chi connectivity index (χ4v) is 1.47. The van der Waals surface area contributed by atoms with Crippen LogP contribution in [0.4, 0.5) is 0 Å². The van der Waals surface area contributed by atoms with Gasteiger partial charge >= 0.3 is 5.97 Å². The summed E-state index contributed by atoms with van der Waals surface area (Å²) in [6.07, 6.45) is 1.50. The maximum absolute atomic E-state index is 10.6. The van der Waals surface area contributed by atoms with Crippen LogP contribution in [0.2, 0.25) is 0 Å². The number of rotatable bonds is 6. The Hall–Kier alpha value is -0.870. The van der Waals surface area contributed by atoms with E-state index in [1.54, 1.807) is 0 Å². The predicted octanol–water partition coefficient (Wildman–Crippen LogP) is 1.60. The van der Waals surface area contributed by atoms with Crippen molar-refractivity contribution in [2.75, 3.05) is 13.2 Å². The summed E-state index contributed by atoms with van der Waals surface area (Å²) in [5, 5.41) is 8.70. The smallest absolute Gasteiger partial charge is 0.332 e. The van der Waals surface area contributed by atoms with Crippen LogP contribution < -0.4 is 0 Å². The van der Waals surface area contributed by atoms with Crippen LogP contribution in [-0.4, -0.2) is 36.5 Å². The zero-order chi connectivity index (χ0) is 11.3. The Morgan fingerprint density at radius 1 is 1.60 bits per heavy atom. The highest BCUT2D eigenvalue weighted by molar-refractivity contribution is 5.72. The van der Waals surface area contributed by atoms with Crippen molar-refractivity contribution in [2.45, 2.75) is 38.4 Å². The molecule has 0 aromatic rings. The van der Waals surface area contributed by atoms with Crippen LogP contribution in [0.1, 0.15) is 26.2 Å². The van der Waals surface area contributed by atoms with Crippen LogP contribution in [0.3, 0.4) is 0 Å². The molecule has 0 aromatic heterocycles. The summed E-state index contributed by atoms with van der Waals surface area (Å²) in [7, 11) is 0. The number of carbonyl (C=O) groups is 1. The first kappa shape index (κ1) is 12.2. The van der Waals surface area contributed by atoms with Crippen molar-refractivity contribution >= 4 is 5.97 Å². The summed E-state index contributed by atoms with van der Waals surface area (Å²) >= 11 is 0. The molecular formula is C11H18O4. The van der Waals surface area contributed by atoms with Crippen molar-refractivity contribution in [3.05, 3.63) is 12.2 Å². The minimum atomic E-state index is -0.876. The SMILES string of the molecule is C=C(C)CCOCC1CCC(C(=O)O)O1. The summed E-state index contributed by atoms with van der Waals surface area (Å²) in [6, 6.07) is 0. The fraction of sp³-hybridized carbons (Fsp3) is 0.727. The maximum Gasteiger partial charge on any atom is 0.332 e. The van der Waals surface area contributed by atoms with Crippen LogP contribution >= 0.6 is 0 Å². The van der Waals surface area contributed by atoms with E-state index in [-0.39, 0.29) is 6.10 Å². The monoisotopic (exact) mass is 214 g/mol. The molecule has 2 atom stereocenters. The Kier molecular flexibility index (Phi) is 4.78. The van der Waals surface area contributed by atoms with Crippen molar-refractivity contribution in [1.29, 1.82) is 0 Å². The largest absolute Gasteiger partial charge is 0.479 e. The quantitative estimate of drug-likeness (QED) is 0.539. The van der Waals surface area contributed by atoms with Crippen molar-refractivity contribution < 1.29 is 19.4 Å². The topological polar surface area (TPSA) is 55.8 Å². The van der Waals surface area contributed by atoms with Gasteiger partial charge in [0.05, 0.1) is 19.3 Å². The van der Waals surface area contributed by atoms with Gasteiger partial charge in [-0.05, 0) is 26.2 Å². The van der Waals surface area contributed by atoms with Crippen molar-refractivity contribution in [3.8, 4) is 0 Å². The molecule has 1 fully saturated rings. The van der Waals surface area contributed by atoms with Crippen LogP contribution in [0.25, 0.3) is 0 Å². The van der Waals surface area contributed by atoms with Gasteiger partial charge in [-0.2, -0.15) is 0 Å². The number of aliphatic carboxylic acids is 1. The molecule has 0 amide bonds. The number of hydrogen-bond acceptors (Lipinski definition) is 3. The Labute approximate surface area is 89.9 Å². The lowest BCUT2D eigenvalue weighted by molar-refractivity contribution is -0.150. The Balaban J connectivity index is 2.09. The average Bonchev–Trinajstić information content (AvgIpc) is 2.60. The standard InChI is InChI=1S/C11H18O4/c1-8(2)5-6-14-7-9-3-4-10(15-9)11(12)13/h9-10H,1,3-7H2,2H3,(H,12,13). The van der Waals surface area contributed by atoms with Crippen LogP contribution in [0.15, 0.2) is 12.2 Å². The highest BCUT2D eigenvalue weighted by atomic mass is 16.6. The van der Waals surface area contributed by atoms with E-state index < -0.39 is 12.1 Å². The minimum absolute atomic E-state index is 0.0591. The van der Waals surface area contributed by atoms with E-state index in [2.05, 4.69) is 6.58 Å². The summed E-state index contributed by atoms with van der Waals surface area (Å²) in [5.41, 5.74) is 1.09. The molecular weight excluding hydrogens is 196 g/mol. The van der Waals surface area contributed by atoms with Crippen molar-refractivity contribution in [3.63, 3.8) is 0 Å². The fourth-order valence-electron chi connectivity index (χ4n) is 1.47. The van der Waals surface area contributed by atoms with Gasteiger partial charge in [-0.25, -0.2) is 4.79 Å². The molecule has 0 bridgehead atoms. The van der Waals surface area contributed by atoms with E-state index in [4.69, 9.17) is 14.6 Å². The van der Waals surface area contributed by atoms with Gasteiger partial charge in [0.15, 0.2) is 6.10 Å². The number of carboxylic acids is 1. The molecule has 1 aliphatic rings. The molecule has 1 saturated heterocycles. The molecule has 1 rings (SSSR count). The van der Waals surface area contributed by atoms with Gasteiger partial charge < -0.3 is 14.6 Å². The third-order valence-corrected chi connectivity index (χ3v) is 2.36. The molecule has 0 saturated carbocycles. The van der Waals surface area contributed by atoms with Gasteiger partial charge in [-0.15, -0.1) is 6.58 Å². The van der Waals surface area contributed by atoms with Gasteiger partial charge in [0.2, 0.25) is 0 Å². The van der Waals surface area contributed by atoms with E-state index >= 15 is 0 Å². The zero-order valence-corrected chi connectivity index (χ0v) is 9.07. The first-order valence-electron chi connectivity index (χ1n) is 5.20. The predicted molar refractivity (Wildman–Crippen MR) is 55.8 cm³/mol. The zero-order valence-electron chi connectivity index (χ0n) is 9.07. The second kappa shape index (κ2) is 5.88. The minimum Gasteiger partial charge on any atom is -0.479 e. The summed E-state index contributed by atoms with van der Waals surface area (Å²) in [5.74, 6) is -0.876. The van der Waals surface area contributed by atoms with E-state index in [0.717, 1.165) is 18.4 Å². The second-order valence-corrected chi connectivity index (χ2v) is 3.94.